The molecule has 1 aromatic heterocycles. The van der Waals surface area contributed by atoms with Gasteiger partial charge >= 0.3 is 0 Å². The molecule has 0 aliphatic rings. The van der Waals surface area contributed by atoms with E-state index in [2.05, 4.69) is 24.3 Å². The van der Waals surface area contributed by atoms with Crippen molar-refractivity contribution >= 4 is 22.4 Å². The number of nitrogens with one attached hydrogen (secondary N) is 1. The van der Waals surface area contributed by atoms with Crippen LogP contribution in [0, 0.1) is 0 Å². The second kappa shape index (κ2) is 6.89. The molecule has 1 atom stereocenters. The number of benzene rings is 2. The van der Waals surface area contributed by atoms with Crippen LogP contribution in [0.2, 0.25) is 0 Å². The van der Waals surface area contributed by atoms with Gasteiger partial charge in [0.1, 0.15) is 0 Å². The minimum atomic E-state index is -0.317. The molecule has 0 fully saturated rings. The van der Waals surface area contributed by atoms with E-state index in [1.54, 1.807) is 31.3 Å². The number of hydrogen-bond donors (Lipinski definition) is 1. The molecular weight excluding hydrogens is 314 g/mol. The lowest BCUT2D eigenvalue weighted by atomic mass is 9.97. The first-order valence-electron chi connectivity index (χ1n) is 8.39. The summed E-state index contributed by atoms with van der Waals surface area (Å²) in [5.74, 6) is 0.0175. The normalized spacial score (nSPS) is 12.1. The van der Waals surface area contributed by atoms with Crippen LogP contribution in [0.25, 0.3) is 10.8 Å². The summed E-state index contributed by atoms with van der Waals surface area (Å²) < 4.78 is 1.21. The fourth-order valence-corrected chi connectivity index (χ4v) is 2.91. The number of rotatable bonds is 4. The second-order valence-corrected chi connectivity index (χ2v) is 6.17. The van der Waals surface area contributed by atoms with E-state index in [4.69, 9.17) is 0 Å². The van der Waals surface area contributed by atoms with Gasteiger partial charge in [-0.15, -0.1) is 0 Å². The fourth-order valence-electron chi connectivity index (χ4n) is 2.91. The number of amides is 1. The Morgan fingerprint density at radius 2 is 1.76 bits per heavy atom. The Balaban J connectivity index is 2.05. The molecule has 1 amide bonds. The zero-order valence-electron chi connectivity index (χ0n) is 14.6. The van der Waals surface area contributed by atoms with Crippen LogP contribution in [-0.2, 0) is 7.05 Å². The number of carbonyl (C=O) groups excluding carboxylic acids is 1. The smallest absolute Gasteiger partial charge is 0.276 e. The SMILES string of the molecule is CC[C@@H](C)c1ccccc1NC(=O)c1nn(C)c(=O)c2ccccc12. The molecule has 5 heteroatoms. The van der Waals surface area contributed by atoms with Crippen LogP contribution in [0.4, 0.5) is 5.69 Å². The Kier molecular flexibility index (Phi) is 4.65. The van der Waals surface area contributed by atoms with Crippen molar-refractivity contribution < 1.29 is 4.79 Å². The highest BCUT2D eigenvalue weighted by atomic mass is 16.2. The van der Waals surface area contributed by atoms with Gasteiger partial charge in [-0.05, 0) is 30.0 Å². The maximum Gasteiger partial charge on any atom is 0.276 e. The lowest BCUT2D eigenvalue weighted by molar-refractivity contribution is 0.102. The lowest BCUT2D eigenvalue weighted by Crippen LogP contribution is -2.25. The molecule has 0 bridgehead atoms. The molecule has 25 heavy (non-hydrogen) atoms. The van der Waals surface area contributed by atoms with E-state index >= 15 is 0 Å². The average Bonchev–Trinajstić information content (AvgIpc) is 2.64. The molecule has 128 valence electrons. The van der Waals surface area contributed by atoms with Crippen molar-refractivity contribution in [1.29, 1.82) is 0 Å². The minimum absolute atomic E-state index is 0.216. The summed E-state index contributed by atoms with van der Waals surface area (Å²) >= 11 is 0. The Morgan fingerprint density at radius 3 is 2.48 bits per heavy atom. The summed E-state index contributed by atoms with van der Waals surface area (Å²) in [7, 11) is 1.55. The van der Waals surface area contributed by atoms with E-state index in [-0.39, 0.29) is 17.2 Å². The molecule has 3 rings (SSSR count). The van der Waals surface area contributed by atoms with Crippen LogP contribution in [0.1, 0.15) is 42.2 Å². The van der Waals surface area contributed by atoms with Gasteiger partial charge in [-0.2, -0.15) is 5.10 Å². The number of aromatic nitrogens is 2. The Morgan fingerprint density at radius 1 is 1.12 bits per heavy atom. The molecule has 0 saturated heterocycles. The monoisotopic (exact) mass is 335 g/mol. The van der Waals surface area contributed by atoms with Gasteiger partial charge in [0.15, 0.2) is 5.69 Å². The third-order valence-corrected chi connectivity index (χ3v) is 4.52. The van der Waals surface area contributed by atoms with Crippen LogP contribution >= 0.6 is 0 Å². The molecule has 5 nitrogen and oxygen atoms in total. The molecule has 0 spiro atoms. The summed E-state index contributed by atoms with van der Waals surface area (Å²) in [6, 6.07) is 14.8. The summed E-state index contributed by atoms with van der Waals surface area (Å²) in [5, 5.41) is 8.19. The maximum atomic E-state index is 12.9. The van der Waals surface area contributed by atoms with Crippen molar-refractivity contribution in [3.8, 4) is 0 Å². The Bertz CT molecular complexity index is 992. The summed E-state index contributed by atoms with van der Waals surface area (Å²) in [5.41, 5.74) is 1.90. The Hall–Kier alpha value is -2.95. The molecular formula is C20H21N3O2. The summed E-state index contributed by atoms with van der Waals surface area (Å²) in [4.78, 5) is 25.1. The first-order valence-corrected chi connectivity index (χ1v) is 8.39. The highest BCUT2D eigenvalue weighted by Gasteiger charge is 2.17. The molecule has 0 aliphatic heterocycles. The van der Waals surface area contributed by atoms with E-state index in [9.17, 15) is 9.59 Å². The highest BCUT2D eigenvalue weighted by Crippen LogP contribution is 2.27. The third kappa shape index (κ3) is 3.18. The van der Waals surface area contributed by atoms with Crippen LogP contribution in [0.15, 0.2) is 53.3 Å². The third-order valence-electron chi connectivity index (χ3n) is 4.52. The molecule has 0 saturated carbocycles. The van der Waals surface area contributed by atoms with Gasteiger partial charge < -0.3 is 5.32 Å². The number of para-hydroxylation sites is 1. The van der Waals surface area contributed by atoms with Crippen molar-refractivity contribution in [2.24, 2.45) is 7.05 Å². The van der Waals surface area contributed by atoms with Gasteiger partial charge in [-0.3, -0.25) is 9.59 Å². The van der Waals surface area contributed by atoms with Crippen molar-refractivity contribution in [2.45, 2.75) is 26.2 Å². The van der Waals surface area contributed by atoms with E-state index in [0.29, 0.717) is 16.7 Å². The number of hydrogen-bond acceptors (Lipinski definition) is 3. The topological polar surface area (TPSA) is 64.0 Å². The van der Waals surface area contributed by atoms with E-state index in [1.807, 2.05) is 24.3 Å². The quantitative estimate of drug-likeness (QED) is 0.791. The van der Waals surface area contributed by atoms with Crippen LogP contribution in [0.3, 0.4) is 0 Å². The van der Waals surface area contributed by atoms with E-state index in [0.717, 1.165) is 17.7 Å². The fraction of sp³-hybridized carbons (Fsp3) is 0.250. The van der Waals surface area contributed by atoms with Crippen molar-refractivity contribution in [3.05, 3.63) is 70.1 Å². The zero-order chi connectivity index (χ0) is 18.0. The molecule has 0 radical (unpaired) electrons. The molecule has 0 unspecified atom stereocenters. The van der Waals surface area contributed by atoms with Crippen LogP contribution in [-0.4, -0.2) is 15.7 Å². The van der Waals surface area contributed by atoms with Gasteiger partial charge in [0.25, 0.3) is 11.5 Å². The highest BCUT2D eigenvalue weighted by molar-refractivity contribution is 6.11. The van der Waals surface area contributed by atoms with Gasteiger partial charge in [-0.1, -0.05) is 50.2 Å². The minimum Gasteiger partial charge on any atom is -0.320 e. The molecule has 2 aromatic carbocycles. The van der Waals surface area contributed by atoms with Crippen molar-refractivity contribution in [2.75, 3.05) is 5.32 Å². The van der Waals surface area contributed by atoms with Crippen LogP contribution < -0.4 is 10.9 Å². The van der Waals surface area contributed by atoms with Crippen molar-refractivity contribution in [1.82, 2.24) is 9.78 Å². The molecule has 0 aliphatic carbocycles. The molecule has 3 aromatic rings. The predicted octanol–water partition coefficient (Wildman–Crippen LogP) is 3.70. The lowest BCUT2D eigenvalue weighted by Gasteiger charge is -2.16. The first-order chi connectivity index (χ1) is 12.0. The number of nitrogens with zero attached hydrogens (tertiary/aromatic N) is 2. The molecule has 1 N–H and O–H groups in total. The van der Waals surface area contributed by atoms with Gasteiger partial charge in [-0.25, -0.2) is 4.68 Å². The van der Waals surface area contributed by atoms with E-state index in [1.165, 1.54) is 4.68 Å². The second-order valence-electron chi connectivity index (χ2n) is 6.17. The standard InChI is InChI=1S/C20H21N3O2/c1-4-13(2)14-9-7-8-12-17(14)21-19(24)18-15-10-5-6-11-16(15)20(25)23(3)22-18/h5-13H,4H2,1-3H3,(H,21,24)/t13-/m1/s1. The number of aryl methyl sites for hydroxylation is 1. The van der Waals surface area contributed by atoms with Gasteiger partial charge in [0, 0.05) is 18.1 Å². The summed E-state index contributed by atoms with van der Waals surface area (Å²) in [6.07, 6.45) is 0.980. The van der Waals surface area contributed by atoms with Crippen molar-refractivity contribution in [3.63, 3.8) is 0 Å². The van der Waals surface area contributed by atoms with Gasteiger partial charge in [0.2, 0.25) is 0 Å². The number of carbonyl (C=O) groups is 1. The predicted molar refractivity (Wildman–Crippen MR) is 100 cm³/mol. The summed E-state index contributed by atoms with van der Waals surface area (Å²) in [6.45, 7) is 4.25. The van der Waals surface area contributed by atoms with Crippen LogP contribution in [0.5, 0.6) is 0 Å². The number of anilines is 1. The number of fused-ring (bicyclic) bond motifs is 1. The Labute approximate surface area is 146 Å². The average molecular weight is 335 g/mol. The molecule has 1 heterocycles. The van der Waals surface area contributed by atoms with Gasteiger partial charge in [0.05, 0.1) is 5.39 Å². The first kappa shape index (κ1) is 16.9. The van der Waals surface area contributed by atoms with E-state index < -0.39 is 0 Å². The zero-order valence-corrected chi connectivity index (χ0v) is 14.6. The maximum absolute atomic E-state index is 12.9. The largest absolute Gasteiger partial charge is 0.320 e.